The van der Waals surface area contributed by atoms with E-state index in [9.17, 15) is 10.5 Å². The molecule has 0 atom stereocenters. The average Bonchev–Trinajstić information content (AvgIpc) is 3.24. The molecule has 35 heavy (non-hydrogen) atoms. The van der Waals surface area contributed by atoms with E-state index in [4.69, 9.17) is 15.2 Å². The Labute approximate surface area is 203 Å². The Morgan fingerprint density at radius 2 is 1.71 bits per heavy atom. The average molecular weight is 462 g/mol. The summed E-state index contributed by atoms with van der Waals surface area (Å²) in [5.41, 5.74) is 9.36. The summed E-state index contributed by atoms with van der Waals surface area (Å²) >= 11 is 0. The molecule has 7 heteroatoms. The van der Waals surface area contributed by atoms with Crippen LogP contribution in [0.5, 0.6) is 11.5 Å². The Morgan fingerprint density at radius 3 is 2.37 bits per heavy atom. The maximum absolute atomic E-state index is 9.86. The number of rotatable bonds is 8. The molecule has 0 unspecified atom stereocenters. The quantitative estimate of drug-likeness (QED) is 0.369. The fraction of sp³-hybridized carbons (Fsp3) is 0.107. The van der Waals surface area contributed by atoms with Gasteiger partial charge in [-0.3, -0.25) is 0 Å². The fourth-order valence-corrected chi connectivity index (χ4v) is 3.63. The topological polar surface area (TPSA) is 110 Å². The molecule has 1 heterocycles. The molecule has 0 saturated carbocycles. The number of anilines is 1. The predicted octanol–water partition coefficient (Wildman–Crippen LogP) is 5.02. The predicted molar refractivity (Wildman–Crippen MR) is 135 cm³/mol. The number of para-hydroxylation sites is 1. The summed E-state index contributed by atoms with van der Waals surface area (Å²) in [5, 5.41) is 24.0. The molecular weight excluding hydrogens is 438 g/mol. The van der Waals surface area contributed by atoms with Gasteiger partial charge in [0.2, 0.25) is 0 Å². The van der Waals surface area contributed by atoms with Crippen LogP contribution in [0.2, 0.25) is 0 Å². The van der Waals surface area contributed by atoms with Crippen LogP contribution in [-0.2, 0) is 6.42 Å². The number of hydrogen-bond donors (Lipinski definition) is 1. The number of allylic oxidation sites excluding steroid dienone is 1. The summed E-state index contributed by atoms with van der Waals surface area (Å²) in [6.45, 7) is 0.501. The van der Waals surface area contributed by atoms with Gasteiger partial charge < -0.3 is 15.2 Å². The molecule has 0 bridgehead atoms. The molecule has 3 aromatic carbocycles. The summed E-state index contributed by atoms with van der Waals surface area (Å²) in [6.07, 6.45) is 2.42. The van der Waals surface area contributed by atoms with Gasteiger partial charge in [0.05, 0.1) is 25.0 Å². The number of nitriles is 2. The Hall–Kier alpha value is -5.01. The van der Waals surface area contributed by atoms with Crippen LogP contribution in [-0.4, -0.2) is 23.5 Å². The van der Waals surface area contributed by atoms with E-state index in [1.54, 1.807) is 25.3 Å². The highest BCUT2D eigenvalue weighted by Gasteiger charge is 2.20. The van der Waals surface area contributed by atoms with E-state index >= 15 is 0 Å². The Bertz CT molecular complexity index is 1430. The molecule has 0 aliphatic heterocycles. The minimum atomic E-state index is 0.148. The Balaban J connectivity index is 1.61. The first-order valence-corrected chi connectivity index (χ1v) is 11.0. The van der Waals surface area contributed by atoms with E-state index < -0.39 is 0 Å². The molecule has 1 aromatic heterocycles. The molecule has 0 spiro atoms. The van der Waals surface area contributed by atoms with Gasteiger partial charge in [0, 0.05) is 6.42 Å². The van der Waals surface area contributed by atoms with Crippen molar-refractivity contribution in [1.29, 1.82) is 10.5 Å². The van der Waals surface area contributed by atoms with Gasteiger partial charge in [-0.15, -0.1) is 0 Å². The number of methoxy groups -OCH3 is 1. The molecule has 2 N–H and O–H groups in total. The van der Waals surface area contributed by atoms with Crippen LogP contribution in [0.4, 0.5) is 5.82 Å². The third kappa shape index (κ3) is 5.16. The van der Waals surface area contributed by atoms with E-state index in [2.05, 4.69) is 29.4 Å². The number of benzene rings is 3. The molecule has 0 aliphatic carbocycles. The standard InChI is InChI=1S/C28H23N5O2/c1-34-26-17-21(12-13-25(26)35-15-14-20-8-4-2-5-9-20)16-22(18-29)27-24(19-30)28(31)33(32-27)23-10-6-3-7-11-23/h2-13,16-17H,14-15,31H2,1H3. The lowest BCUT2D eigenvalue weighted by atomic mass is 10.1. The van der Waals surface area contributed by atoms with Crippen LogP contribution in [0.1, 0.15) is 22.4 Å². The molecule has 0 saturated heterocycles. The zero-order valence-electron chi connectivity index (χ0n) is 19.2. The molecule has 4 aromatic rings. The zero-order valence-corrected chi connectivity index (χ0v) is 19.2. The molecule has 0 radical (unpaired) electrons. The normalized spacial score (nSPS) is 10.9. The van der Waals surface area contributed by atoms with Gasteiger partial charge in [0.1, 0.15) is 29.2 Å². The minimum Gasteiger partial charge on any atom is -0.493 e. The maximum Gasteiger partial charge on any atom is 0.161 e. The summed E-state index contributed by atoms with van der Waals surface area (Å²) in [5.74, 6) is 1.32. The molecule has 7 nitrogen and oxygen atoms in total. The van der Waals surface area contributed by atoms with Gasteiger partial charge in [0.15, 0.2) is 11.5 Å². The van der Waals surface area contributed by atoms with Crippen molar-refractivity contribution in [3.8, 4) is 29.3 Å². The minimum absolute atomic E-state index is 0.148. The lowest BCUT2D eigenvalue weighted by Gasteiger charge is -2.11. The number of ether oxygens (including phenoxy) is 2. The number of nitrogens with two attached hydrogens (primary N) is 1. The largest absolute Gasteiger partial charge is 0.493 e. The van der Waals surface area contributed by atoms with Crippen molar-refractivity contribution < 1.29 is 9.47 Å². The van der Waals surface area contributed by atoms with E-state index in [1.165, 1.54) is 10.2 Å². The van der Waals surface area contributed by atoms with Gasteiger partial charge in [-0.2, -0.15) is 15.6 Å². The van der Waals surface area contributed by atoms with E-state index in [1.807, 2.05) is 54.6 Å². The van der Waals surface area contributed by atoms with Gasteiger partial charge in [-0.05, 0) is 41.5 Å². The van der Waals surface area contributed by atoms with Gasteiger partial charge >= 0.3 is 0 Å². The highest BCUT2D eigenvalue weighted by atomic mass is 16.5. The Morgan fingerprint density at radius 1 is 1.00 bits per heavy atom. The number of aromatic nitrogens is 2. The van der Waals surface area contributed by atoms with E-state index in [0.717, 1.165) is 6.42 Å². The van der Waals surface area contributed by atoms with Crippen LogP contribution < -0.4 is 15.2 Å². The molecule has 4 rings (SSSR count). The monoisotopic (exact) mass is 461 g/mol. The summed E-state index contributed by atoms with van der Waals surface area (Å²) in [4.78, 5) is 0. The lowest BCUT2D eigenvalue weighted by Crippen LogP contribution is -2.02. The third-order valence-electron chi connectivity index (χ3n) is 5.40. The van der Waals surface area contributed by atoms with E-state index in [-0.39, 0.29) is 22.6 Å². The van der Waals surface area contributed by atoms with Crippen molar-refractivity contribution in [1.82, 2.24) is 9.78 Å². The summed E-state index contributed by atoms with van der Waals surface area (Å²) < 4.78 is 12.9. The van der Waals surface area contributed by atoms with Crippen molar-refractivity contribution in [2.24, 2.45) is 0 Å². The van der Waals surface area contributed by atoms with Crippen molar-refractivity contribution in [3.63, 3.8) is 0 Å². The maximum atomic E-state index is 9.86. The number of hydrogen-bond acceptors (Lipinski definition) is 6. The zero-order chi connectivity index (χ0) is 24.6. The van der Waals surface area contributed by atoms with Crippen molar-refractivity contribution in [2.45, 2.75) is 6.42 Å². The van der Waals surface area contributed by atoms with Crippen LogP contribution in [0, 0.1) is 22.7 Å². The number of nitrogens with zero attached hydrogens (tertiary/aromatic N) is 4. The third-order valence-corrected chi connectivity index (χ3v) is 5.40. The Kier molecular flexibility index (Phi) is 7.11. The van der Waals surface area contributed by atoms with Crippen LogP contribution in [0.25, 0.3) is 17.3 Å². The SMILES string of the molecule is COc1cc(C=C(C#N)c2nn(-c3ccccc3)c(N)c2C#N)ccc1OCCc1ccccc1. The molecule has 0 amide bonds. The second kappa shape index (κ2) is 10.7. The first kappa shape index (κ1) is 23.2. The highest BCUT2D eigenvalue weighted by molar-refractivity contribution is 5.91. The van der Waals surface area contributed by atoms with Crippen molar-refractivity contribution >= 4 is 17.5 Å². The van der Waals surface area contributed by atoms with E-state index in [0.29, 0.717) is 29.4 Å². The molecule has 0 aliphatic rings. The van der Waals surface area contributed by atoms with Crippen LogP contribution in [0.3, 0.4) is 0 Å². The molecular formula is C28H23N5O2. The smallest absolute Gasteiger partial charge is 0.161 e. The van der Waals surface area contributed by atoms with Gasteiger partial charge in [-0.1, -0.05) is 54.6 Å². The van der Waals surface area contributed by atoms with Gasteiger partial charge in [-0.25, -0.2) is 4.68 Å². The summed E-state index contributed by atoms with van der Waals surface area (Å²) in [7, 11) is 1.56. The van der Waals surface area contributed by atoms with Crippen molar-refractivity contribution in [3.05, 3.63) is 101 Å². The summed E-state index contributed by atoms with van der Waals surface area (Å²) in [6, 6.07) is 28.9. The molecule has 172 valence electrons. The molecule has 0 fully saturated rings. The fourth-order valence-electron chi connectivity index (χ4n) is 3.63. The van der Waals surface area contributed by atoms with Crippen LogP contribution in [0.15, 0.2) is 78.9 Å². The second-order valence-electron chi connectivity index (χ2n) is 7.63. The van der Waals surface area contributed by atoms with Crippen molar-refractivity contribution in [2.75, 3.05) is 19.5 Å². The highest BCUT2D eigenvalue weighted by Crippen LogP contribution is 2.31. The van der Waals surface area contributed by atoms with Gasteiger partial charge in [0.25, 0.3) is 0 Å². The first-order chi connectivity index (χ1) is 17.1. The van der Waals surface area contributed by atoms with Crippen LogP contribution >= 0.6 is 0 Å². The lowest BCUT2D eigenvalue weighted by molar-refractivity contribution is 0.297. The first-order valence-electron chi connectivity index (χ1n) is 11.0. The second-order valence-corrected chi connectivity index (χ2v) is 7.63. The number of nitrogen functional groups attached to an aromatic ring is 1.